The maximum absolute atomic E-state index is 11.5. The number of hydrogen-bond donors (Lipinski definition) is 3. The van der Waals surface area contributed by atoms with Crippen LogP contribution in [0.4, 0.5) is 9.59 Å². The fourth-order valence-corrected chi connectivity index (χ4v) is 7.28. The molecule has 3 N–H and O–H groups in total. The summed E-state index contributed by atoms with van der Waals surface area (Å²) in [5.74, 6) is 3.24. The monoisotopic (exact) mass is 777 g/mol. The molecule has 0 saturated carbocycles. The predicted molar refractivity (Wildman–Crippen MR) is 197 cm³/mol. The summed E-state index contributed by atoms with van der Waals surface area (Å²) in [6.07, 6.45) is 5.08. The number of hydrogen-bond acceptors (Lipinski definition) is 15. The highest BCUT2D eigenvalue weighted by atomic mass is 32.2. The maximum atomic E-state index is 11.5. The van der Waals surface area contributed by atoms with Crippen molar-refractivity contribution in [1.82, 2.24) is 16.0 Å². The summed E-state index contributed by atoms with van der Waals surface area (Å²) in [6, 6.07) is 16.3. The molecular formula is C34H23N3O11S4. The summed E-state index contributed by atoms with van der Waals surface area (Å²) in [5, 5.41) is 6.29. The van der Waals surface area contributed by atoms with E-state index in [1.165, 1.54) is 11.8 Å². The Morgan fingerprint density at radius 2 is 0.846 bits per heavy atom. The summed E-state index contributed by atoms with van der Waals surface area (Å²) < 4.78 is 32.2. The van der Waals surface area contributed by atoms with Crippen LogP contribution in [0.5, 0.6) is 34.5 Å². The second-order valence-electron chi connectivity index (χ2n) is 10.7. The maximum Gasteiger partial charge on any atom is 0.290 e. The van der Waals surface area contributed by atoms with Gasteiger partial charge in [0.25, 0.3) is 28.2 Å². The molecule has 0 atom stereocenters. The average molecular weight is 778 g/mol. The van der Waals surface area contributed by atoms with Gasteiger partial charge in [-0.1, -0.05) is 42.2 Å². The quantitative estimate of drug-likeness (QED) is 0.227. The molecule has 6 heterocycles. The third kappa shape index (κ3) is 8.37. The molecule has 18 heteroatoms. The molecule has 0 spiro atoms. The highest BCUT2D eigenvalue weighted by molar-refractivity contribution is 8.26. The van der Waals surface area contributed by atoms with Crippen molar-refractivity contribution in [3.63, 3.8) is 0 Å². The van der Waals surface area contributed by atoms with Crippen LogP contribution >= 0.6 is 47.5 Å². The van der Waals surface area contributed by atoms with Crippen LogP contribution in [-0.2, 0) is 14.4 Å². The summed E-state index contributed by atoms with van der Waals surface area (Å²) in [5.41, 5.74) is 2.48. The minimum absolute atomic E-state index is 0.155. The first-order chi connectivity index (χ1) is 25.2. The van der Waals surface area contributed by atoms with Crippen molar-refractivity contribution in [3.05, 3.63) is 86.0 Å². The van der Waals surface area contributed by atoms with E-state index in [2.05, 4.69) is 16.0 Å². The standard InChI is InChI=1S/C12H9NO4S.C11H7NO4S.C11H7NO3S2/c14-11-10(18-12(15)13-11)6-7-1-2-8-9(5-7)17-4-3-16-8;13-10-9(17-11(14)12-10)4-6-1-2-7-8(3-6)16-5-15-7;13-10-9(17-11(16)12-10)4-6-1-2-7-8(3-6)15-5-14-7/h1-2,5-6H,3-4H2,(H,13,14,15);1-4H,5H2,(H,12,13,14);1-4H,5H2,(H,12,13,16). The molecule has 9 rings (SSSR count). The number of benzene rings is 3. The lowest BCUT2D eigenvalue weighted by atomic mass is 10.2. The third-order valence-electron chi connectivity index (χ3n) is 7.18. The molecule has 6 aliphatic rings. The topological polar surface area (TPSA) is 177 Å². The van der Waals surface area contributed by atoms with E-state index in [9.17, 15) is 24.0 Å². The second-order valence-corrected chi connectivity index (χ2v) is 14.4. The number of rotatable bonds is 3. The van der Waals surface area contributed by atoms with Gasteiger partial charge in [0.1, 0.15) is 17.5 Å². The summed E-state index contributed by atoms with van der Waals surface area (Å²) in [6.45, 7) is 1.51. The van der Waals surface area contributed by atoms with Crippen molar-refractivity contribution in [3.8, 4) is 34.5 Å². The van der Waals surface area contributed by atoms with Crippen LogP contribution in [-0.4, -0.2) is 59.3 Å². The lowest BCUT2D eigenvalue weighted by Crippen LogP contribution is -2.17. The number of fused-ring (bicyclic) bond motifs is 3. The van der Waals surface area contributed by atoms with Crippen LogP contribution in [0.2, 0.25) is 0 Å². The molecule has 5 amide bonds. The van der Waals surface area contributed by atoms with Gasteiger partial charge in [-0.3, -0.25) is 34.6 Å². The Morgan fingerprint density at radius 1 is 0.481 bits per heavy atom. The number of imide groups is 2. The number of ether oxygens (including phenoxy) is 6. The fraction of sp³-hybridized carbons (Fsp3) is 0.118. The Bertz CT molecular complexity index is 2050. The van der Waals surface area contributed by atoms with Crippen molar-refractivity contribution in [1.29, 1.82) is 0 Å². The van der Waals surface area contributed by atoms with Crippen LogP contribution in [0.3, 0.4) is 0 Å². The van der Waals surface area contributed by atoms with Crippen LogP contribution in [0, 0.1) is 0 Å². The number of carbonyl (C=O) groups is 5. The molecule has 52 heavy (non-hydrogen) atoms. The lowest BCUT2D eigenvalue weighted by Gasteiger charge is -2.18. The number of thiocarbonyl (C=S) groups is 1. The zero-order valence-electron chi connectivity index (χ0n) is 26.4. The van der Waals surface area contributed by atoms with Gasteiger partial charge in [0.2, 0.25) is 13.6 Å². The van der Waals surface area contributed by atoms with E-state index in [4.69, 9.17) is 40.6 Å². The zero-order valence-corrected chi connectivity index (χ0v) is 29.6. The highest BCUT2D eigenvalue weighted by Crippen LogP contribution is 2.36. The van der Waals surface area contributed by atoms with Crippen molar-refractivity contribution in [2.75, 3.05) is 26.8 Å². The first-order valence-corrected chi connectivity index (χ1v) is 18.0. The van der Waals surface area contributed by atoms with E-state index in [0.29, 0.717) is 61.0 Å². The van der Waals surface area contributed by atoms with Crippen molar-refractivity contribution in [2.24, 2.45) is 0 Å². The number of nitrogens with one attached hydrogen (secondary N) is 3. The molecule has 3 saturated heterocycles. The second kappa shape index (κ2) is 15.4. The minimum Gasteiger partial charge on any atom is -0.486 e. The molecule has 3 aromatic carbocycles. The molecule has 3 fully saturated rings. The van der Waals surface area contributed by atoms with E-state index < -0.39 is 0 Å². The molecular weight excluding hydrogens is 755 g/mol. The molecule has 0 aromatic heterocycles. The Hall–Kier alpha value is -5.43. The Kier molecular flexibility index (Phi) is 10.4. The largest absolute Gasteiger partial charge is 0.486 e. The van der Waals surface area contributed by atoms with E-state index in [0.717, 1.165) is 46.0 Å². The van der Waals surface area contributed by atoms with E-state index in [1.54, 1.807) is 48.6 Å². The Labute approximate surface area is 312 Å². The number of amides is 5. The van der Waals surface area contributed by atoms with E-state index in [1.807, 2.05) is 24.3 Å². The highest BCUT2D eigenvalue weighted by Gasteiger charge is 2.27. The molecule has 0 radical (unpaired) electrons. The molecule has 0 aliphatic carbocycles. The first kappa shape index (κ1) is 35.0. The van der Waals surface area contributed by atoms with Gasteiger partial charge in [0, 0.05) is 0 Å². The van der Waals surface area contributed by atoms with Crippen LogP contribution in [0.15, 0.2) is 69.3 Å². The first-order valence-electron chi connectivity index (χ1n) is 15.1. The van der Waals surface area contributed by atoms with Crippen LogP contribution in [0.1, 0.15) is 16.7 Å². The molecule has 3 aromatic rings. The number of thioether (sulfide) groups is 3. The SMILES string of the molecule is O=C1NC(=O)C(=Cc2ccc3c(c2)OCCO3)S1.O=C1NC(=O)C(=Cc2ccc3c(c2)OCO3)S1.O=C1NC(=S)SC1=Cc1ccc2c(c1)OCO2. The summed E-state index contributed by atoms with van der Waals surface area (Å²) in [4.78, 5) is 57.6. The van der Waals surface area contributed by atoms with E-state index in [-0.39, 0.29) is 41.8 Å². The van der Waals surface area contributed by atoms with E-state index >= 15 is 0 Å². The molecule has 264 valence electrons. The van der Waals surface area contributed by atoms with Crippen molar-refractivity contribution < 1.29 is 52.4 Å². The Morgan fingerprint density at radius 3 is 1.25 bits per heavy atom. The van der Waals surface area contributed by atoms with Gasteiger partial charge in [-0.15, -0.1) is 0 Å². The van der Waals surface area contributed by atoms with Gasteiger partial charge < -0.3 is 33.7 Å². The van der Waals surface area contributed by atoms with Crippen LogP contribution < -0.4 is 44.4 Å². The van der Waals surface area contributed by atoms with Crippen molar-refractivity contribution >= 4 is 98.3 Å². The molecule has 0 unspecified atom stereocenters. The van der Waals surface area contributed by atoms with Gasteiger partial charge in [0.05, 0.1) is 14.7 Å². The summed E-state index contributed by atoms with van der Waals surface area (Å²) >= 11 is 7.96. The van der Waals surface area contributed by atoms with Crippen molar-refractivity contribution in [2.45, 2.75) is 0 Å². The summed E-state index contributed by atoms with van der Waals surface area (Å²) in [7, 11) is 0. The Balaban J connectivity index is 0.000000121. The molecule has 0 bridgehead atoms. The number of carbonyl (C=O) groups excluding carboxylic acids is 5. The third-order valence-corrected chi connectivity index (χ3v) is 9.96. The molecule has 6 aliphatic heterocycles. The lowest BCUT2D eigenvalue weighted by molar-refractivity contribution is -0.116. The van der Waals surface area contributed by atoms with Gasteiger partial charge in [-0.2, -0.15) is 0 Å². The fourth-order valence-electron chi connectivity index (χ4n) is 4.87. The predicted octanol–water partition coefficient (Wildman–Crippen LogP) is 5.43. The smallest absolute Gasteiger partial charge is 0.290 e. The van der Waals surface area contributed by atoms with Gasteiger partial charge >= 0.3 is 0 Å². The minimum atomic E-state index is -0.363. The van der Waals surface area contributed by atoms with Crippen LogP contribution in [0.25, 0.3) is 18.2 Å². The zero-order chi connectivity index (χ0) is 36.2. The van der Waals surface area contributed by atoms with Gasteiger partial charge in [0.15, 0.2) is 34.5 Å². The van der Waals surface area contributed by atoms with Gasteiger partial charge in [-0.25, -0.2) is 0 Å². The average Bonchev–Trinajstić information content (AvgIpc) is 3.96. The molecule has 14 nitrogen and oxygen atoms in total. The van der Waals surface area contributed by atoms with Gasteiger partial charge in [-0.05, 0) is 94.8 Å². The normalized spacial score (nSPS) is 20.0.